The van der Waals surface area contributed by atoms with Crippen molar-refractivity contribution >= 4 is 5.78 Å². The minimum Gasteiger partial charge on any atom is -0.292 e. The molecule has 2 heterocycles. The van der Waals surface area contributed by atoms with Gasteiger partial charge in [-0.2, -0.15) is 5.10 Å². The van der Waals surface area contributed by atoms with E-state index < -0.39 is 0 Å². The standard InChI is InChI=1S/C13H15N3O/c1-9-4-5-14-12(6-9)13(17)8-11-7-10(2)15-16(11)3/h4-7H,8H2,1-3H3. The molecule has 0 unspecified atom stereocenters. The second kappa shape index (κ2) is 4.49. The number of aromatic nitrogens is 3. The number of hydrogen-bond acceptors (Lipinski definition) is 3. The fourth-order valence-corrected chi connectivity index (χ4v) is 1.77. The van der Waals surface area contributed by atoms with Crippen LogP contribution in [0.25, 0.3) is 0 Å². The van der Waals surface area contributed by atoms with Gasteiger partial charge in [-0.05, 0) is 37.6 Å². The molecule has 0 aliphatic heterocycles. The van der Waals surface area contributed by atoms with Crippen molar-refractivity contribution in [2.45, 2.75) is 20.3 Å². The molecule has 0 bridgehead atoms. The van der Waals surface area contributed by atoms with Gasteiger partial charge in [-0.1, -0.05) is 0 Å². The van der Waals surface area contributed by atoms with E-state index in [0.717, 1.165) is 17.0 Å². The van der Waals surface area contributed by atoms with Gasteiger partial charge < -0.3 is 0 Å². The van der Waals surface area contributed by atoms with Gasteiger partial charge >= 0.3 is 0 Å². The Labute approximate surface area is 100 Å². The molecule has 0 saturated carbocycles. The molecule has 17 heavy (non-hydrogen) atoms. The Morgan fingerprint density at radius 2 is 2.12 bits per heavy atom. The summed E-state index contributed by atoms with van der Waals surface area (Å²) in [7, 11) is 1.85. The van der Waals surface area contributed by atoms with Gasteiger partial charge in [-0.3, -0.25) is 14.5 Å². The summed E-state index contributed by atoms with van der Waals surface area (Å²) in [4.78, 5) is 16.1. The van der Waals surface area contributed by atoms with E-state index in [9.17, 15) is 4.79 Å². The van der Waals surface area contributed by atoms with Crippen LogP contribution in [0.15, 0.2) is 24.4 Å². The molecule has 0 aliphatic rings. The number of Topliss-reactive ketones (excluding diaryl/α,β-unsaturated/α-hetero) is 1. The third-order valence-electron chi connectivity index (χ3n) is 2.64. The SMILES string of the molecule is Cc1ccnc(C(=O)Cc2cc(C)nn2C)c1. The normalized spacial score (nSPS) is 10.5. The summed E-state index contributed by atoms with van der Waals surface area (Å²) in [6.45, 7) is 3.87. The van der Waals surface area contributed by atoms with Crippen LogP contribution in [0.5, 0.6) is 0 Å². The molecular weight excluding hydrogens is 214 g/mol. The first kappa shape index (κ1) is 11.5. The van der Waals surface area contributed by atoms with E-state index in [0.29, 0.717) is 12.1 Å². The highest BCUT2D eigenvalue weighted by Gasteiger charge is 2.11. The van der Waals surface area contributed by atoms with Crippen molar-refractivity contribution in [3.8, 4) is 0 Å². The van der Waals surface area contributed by atoms with Gasteiger partial charge in [-0.15, -0.1) is 0 Å². The predicted octanol–water partition coefficient (Wildman–Crippen LogP) is 1.86. The van der Waals surface area contributed by atoms with E-state index in [1.165, 1.54) is 0 Å². The smallest absolute Gasteiger partial charge is 0.187 e. The Morgan fingerprint density at radius 1 is 1.35 bits per heavy atom. The highest BCUT2D eigenvalue weighted by Crippen LogP contribution is 2.08. The van der Waals surface area contributed by atoms with Gasteiger partial charge in [0.2, 0.25) is 0 Å². The molecule has 0 aliphatic carbocycles. The van der Waals surface area contributed by atoms with Crippen LogP contribution in [0.2, 0.25) is 0 Å². The van der Waals surface area contributed by atoms with Crippen LogP contribution in [-0.4, -0.2) is 20.5 Å². The third kappa shape index (κ3) is 2.58. The van der Waals surface area contributed by atoms with E-state index >= 15 is 0 Å². The molecule has 0 N–H and O–H groups in total. The Kier molecular flexibility index (Phi) is 3.04. The molecule has 0 radical (unpaired) electrons. The summed E-state index contributed by atoms with van der Waals surface area (Å²) in [5, 5.41) is 4.22. The molecule has 2 aromatic rings. The van der Waals surface area contributed by atoms with E-state index in [1.54, 1.807) is 10.9 Å². The zero-order chi connectivity index (χ0) is 12.4. The fraction of sp³-hybridized carbons (Fsp3) is 0.308. The zero-order valence-electron chi connectivity index (χ0n) is 10.3. The van der Waals surface area contributed by atoms with Crippen LogP contribution in [0.4, 0.5) is 0 Å². The maximum atomic E-state index is 12.0. The molecule has 4 nitrogen and oxygen atoms in total. The quantitative estimate of drug-likeness (QED) is 0.755. The van der Waals surface area contributed by atoms with Gasteiger partial charge in [0.05, 0.1) is 12.1 Å². The Balaban J connectivity index is 2.20. The van der Waals surface area contributed by atoms with Crippen LogP contribution in [0.3, 0.4) is 0 Å². The first-order chi connectivity index (χ1) is 8.06. The summed E-state index contributed by atoms with van der Waals surface area (Å²) < 4.78 is 1.74. The maximum absolute atomic E-state index is 12.0. The number of ketones is 1. The number of pyridine rings is 1. The molecule has 0 saturated heterocycles. The molecule has 0 atom stereocenters. The van der Waals surface area contributed by atoms with Crippen molar-refractivity contribution in [3.63, 3.8) is 0 Å². The van der Waals surface area contributed by atoms with E-state index in [2.05, 4.69) is 10.1 Å². The molecule has 88 valence electrons. The molecule has 2 rings (SSSR count). The lowest BCUT2D eigenvalue weighted by Crippen LogP contribution is -2.09. The fourth-order valence-electron chi connectivity index (χ4n) is 1.77. The minimum atomic E-state index is 0.0247. The molecule has 0 fully saturated rings. The average molecular weight is 229 g/mol. The van der Waals surface area contributed by atoms with Crippen molar-refractivity contribution in [1.29, 1.82) is 0 Å². The lowest BCUT2D eigenvalue weighted by molar-refractivity contribution is 0.0986. The summed E-state index contributed by atoms with van der Waals surface area (Å²) in [6.07, 6.45) is 2.00. The summed E-state index contributed by atoms with van der Waals surface area (Å²) >= 11 is 0. The molecule has 2 aromatic heterocycles. The van der Waals surface area contributed by atoms with Crippen LogP contribution in [-0.2, 0) is 13.5 Å². The van der Waals surface area contributed by atoms with Gasteiger partial charge in [0.25, 0.3) is 0 Å². The van der Waals surface area contributed by atoms with E-state index in [1.807, 2.05) is 39.1 Å². The van der Waals surface area contributed by atoms with Crippen molar-refractivity contribution in [3.05, 3.63) is 47.0 Å². The van der Waals surface area contributed by atoms with Crippen LogP contribution >= 0.6 is 0 Å². The first-order valence-corrected chi connectivity index (χ1v) is 5.51. The number of carbonyl (C=O) groups excluding carboxylic acids is 1. The minimum absolute atomic E-state index is 0.0247. The Morgan fingerprint density at radius 3 is 2.71 bits per heavy atom. The van der Waals surface area contributed by atoms with E-state index in [4.69, 9.17) is 0 Å². The summed E-state index contributed by atoms with van der Waals surface area (Å²) in [5.41, 5.74) is 3.40. The maximum Gasteiger partial charge on any atom is 0.187 e. The lowest BCUT2D eigenvalue weighted by atomic mass is 10.1. The number of carbonyl (C=O) groups is 1. The van der Waals surface area contributed by atoms with Crippen molar-refractivity contribution in [1.82, 2.24) is 14.8 Å². The molecule has 0 aromatic carbocycles. The van der Waals surface area contributed by atoms with Gasteiger partial charge in [0.1, 0.15) is 5.69 Å². The number of aryl methyl sites for hydroxylation is 3. The van der Waals surface area contributed by atoms with Gasteiger partial charge in [-0.25, -0.2) is 0 Å². The number of hydrogen-bond donors (Lipinski definition) is 0. The van der Waals surface area contributed by atoms with Crippen molar-refractivity contribution < 1.29 is 4.79 Å². The van der Waals surface area contributed by atoms with Gasteiger partial charge in [0, 0.05) is 18.9 Å². The zero-order valence-corrected chi connectivity index (χ0v) is 10.3. The second-order valence-electron chi connectivity index (χ2n) is 4.22. The Bertz CT molecular complexity index is 558. The van der Waals surface area contributed by atoms with Crippen molar-refractivity contribution in [2.24, 2.45) is 7.05 Å². The largest absolute Gasteiger partial charge is 0.292 e. The number of rotatable bonds is 3. The molecule has 0 spiro atoms. The highest BCUT2D eigenvalue weighted by atomic mass is 16.1. The Hall–Kier alpha value is -1.97. The van der Waals surface area contributed by atoms with Crippen LogP contribution < -0.4 is 0 Å². The van der Waals surface area contributed by atoms with Crippen LogP contribution in [0, 0.1) is 13.8 Å². The first-order valence-electron chi connectivity index (χ1n) is 5.51. The van der Waals surface area contributed by atoms with Crippen LogP contribution in [0.1, 0.15) is 27.4 Å². The summed E-state index contributed by atoms with van der Waals surface area (Å²) in [6, 6.07) is 5.62. The molecular formula is C13H15N3O. The van der Waals surface area contributed by atoms with Gasteiger partial charge in [0.15, 0.2) is 5.78 Å². The topological polar surface area (TPSA) is 47.8 Å². The summed E-state index contributed by atoms with van der Waals surface area (Å²) in [5.74, 6) is 0.0247. The number of nitrogens with zero attached hydrogens (tertiary/aromatic N) is 3. The second-order valence-corrected chi connectivity index (χ2v) is 4.22. The predicted molar refractivity (Wildman–Crippen MR) is 65.0 cm³/mol. The third-order valence-corrected chi connectivity index (χ3v) is 2.64. The molecule has 4 heteroatoms. The highest BCUT2D eigenvalue weighted by molar-refractivity contribution is 5.95. The monoisotopic (exact) mass is 229 g/mol. The van der Waals surface area contributed by atoms with Crippen molar-refractivity contribution in [2.75, 3.05) is 0 Å². The average Bonchev–Trinajstić information content (AvgIpc) is 2.57. The lowest BCUT2D eigenvalue weighted by Gasteiger charge is -2.02. The van der Waals surface area contributed by atoms with E-state index in [-0.39, 0.29) is 5.78 Å². The molecule has 0 amide bonds.